The van der Waals surface area contributed by atoms with Gasteiger partial charge in [0.05, 0.1) is 0 Å². The van der Waals surface area contributed by atoms with E-state index in [1.54, 1.807) is 20.8 Å². The van der Waals surface area contributed by atoms with E-state index in [9.17, 15) is 17.2 Å². The molecule has 1 N–H and O–H groups in total. The number of hydrogen-bond donors (Lipinski definition) is 1. The number of aryl methyl sites for hydroxylation is 1. The largest absolute Gasteiger partial charge is 0.244 e. The van der Waals surface area contributed by atoms with E-state index >= 15 is 0 Å². The van der Waals surface area contributed by atoms with Crippen molar-refractivity contribution in [2.75, 3.05) is 0 Å². The molecule has 0 fully saturated rings. The zero-order valence-electron chi connectivity index (χ0n) is 10.1. The highest BCUT2D eigenvalue weighted by Crippen LogP contribution is 2.20. The molecule has 1 aromatic rings. The lowest BCUT2D eigenvalue weighted by molar-refractivity contribution is 0.484. The Bertz CT molecular complexity index is 533. The van der Waals surface area contributed by atoms with Crippen LogP contribution in [0.15, 0.2) is 17.0 Å². The van der Waals surface area contributed by atoms with Crippen LogP contribution in [0, 0.1) is 18.6 Å². The van der Waals surface area contributed by atoms with Crippen LogP contribution in [0.1, 0.15) is 26.3 Å². The maximum absolute atomic E-state index is 13.5. The van der Waals surface area contributed by atoms with E-state index in [4.69, 9.17) is 0 Å². The molecule has 0 radical (unpaired) electrons. The van der Waals surface area contributed by atoms with Crippen LogP contribution in [0.4, 0.5) is 8.78 Å². The van der Waals surface area contributed by atoms with E-state index < -0.39 is 32.1 Å². The zero-order chi connectivity index (χ0) is 13.4. The highest BCUT2D eigenvalue weighted by atomic mass is 32.2. The van der Waals surface area contributed by atoms with Gasteiger partial charge in [-0.1, -0.05) is 0 Å². The molecule has 0 bridgehead atoms. The van der Waals surface area contributed by atoms with Gasteiger partial charge in [-0.05, 0) is 45.4 Å². The van der Waals surface area contributed by atoms with E-state index in [0.717, 1.165) is 6.07 Å². The minimum Gasteiger partial charge on any atom is -0.207 e. The lowest BCUT2D eigenvalue weighted by Gasteiger charge is -2.20. The molecule has 17 heavy (non-hydrogen) atoms. The third-order valence-electron chi connectivity index (χ3n) is 1.94. The molecule has 3 nitrogen and oxygen atoms in total. The normalized spacial score (nSPS) is 12.8. The summed E-state index contributed by atoms with van der Waals surface area (Å²) in [6, 6.07) is 1.56. The second-order valence-electron chi connectivity index (χ2n) is 4.89. The van der Waals surface area contributed by atoms with Crippen molar-refractivity contribution in [3.63, 3.8) is 0 Å². The predicted octanol–water partition coefficient (Wildman–Crippen LogP) is 2.35. The minimum absolute atomic E-state index is 0.0669. The van der Waals surface area contributed by atoms with Gasteiger partial charge in [0.15, 0.2) is 0 Å². The molecule has 0 spiro atoms. The summed E-state index contributed by atoms with van der Waals surface area (Å²) in [4.78, 5) is -0.671. The quantitative estimate of drug-likeness (QED) is 0.890. The highest BCUT2D eigenvalue weighted by Gasteiger charge is 2.25. The molecule has 0 amide bonds. The Morgan fingerprint density at radius 1 is 1.12 bits per heavy atom. The average Bonchev–Trinajstić information content (AvgIpc) is 2.06. The van der Waals surface area contributed by atoms with E-state index in [1.807, 2.05) is 0 Å². The Labute approximate surface area is 99.9 Å². The number of nitrogens with one attached hydrogen (secondary N) is 1. The SMILES string of the molecule is Cc1cc(F)c(S(=O)(=O)NC(C)(C)C)cc1F. The maximum atomic E-state index is 13.5. The van der Waals surface area contributed by atoms with Gasteiger partial charge in [-0.15, -0.1) is 0 Å². The number of rotatable bonds is 2. The van der Waals surface area contributed by atoms with Crippen LogP contribution in [-0.4, -0.2) is 14.0 Å². The molecule has 1 aromatic carbocycles. The van der Waals surface area contributed by atoms with Crippen LogP contribution < -0.4 is 4.72 Å². The zero-order valence-corrected chi connectivity index (χ0v) is 11.0. The predicted molar refractivity (Wildman–Crippen MR) is 61.2 cm³/mol. The molecule has 0 heterocycles. The molecule has 1 rings (SSSR count). The molecule has 0 atom stereocenters. The number of benzene rings is 1. The van der Waals surface area contributed by atoms with Gasteiger partial charge < -0.3 is 0 Å². The van der Waals surface area contributed by atoms with Crippen LogP contribution >= 0.6 is 0 Å². The van der Waals surface area contributed by atoms with Crippen molar-refractivity contribution in [1.82, 2.24) is 4.72 Å². The number of sulfonamides is 1. The van der Waals surface area contributed by atoms with Gasteiger partial charge in [0.1, 0.15) is 16.5 Å². The first-order valence-electron chi connectivity index (χ1n) is 5.02. The van der Waals surface area contributed by atoms with Crippen molar-refractivity contribution in [2.24, 2.45) is 0 Å². The fourth-order valence-corrected chi connectivity index (χ4v) is 2.78. The highest BCUT2D eigenvalue weighted by molar-refractivity contribution is 7.89. The monoisotopic (exact) mass is 263 g/mol. The fraction of sp³-hybridized carbons (Fsp3) is 0.455. The maximum Gasteiger partial charge on any atom is 0.244 e. The molecule has 0 unspecified atom stereocenters. The van der Waals surface area contributed by atoms with Gasteiger partial charge in [-0.3, -0.25) is 0 Å². The molecule has 0 saturated heterocycles. The van der Waals surface area contributed by atoms with Gasteiger partial charge in [0.25, 0.3) is 0 Å². The first-order valence-corrected chi connectivity index (χ1v) is 6.51. The Balaban J connectivity index is 3.30. The van der Waals surface area contributed by atoms with Crippen LogP contribution in [0.5, 0.6) is 0 Å². The van der Waals surface area contributed by atoms with E-state index in [2.05, 4.69) is 4.72 Å². The van der Waals surface area contributed by atoms with Crippen LogP contribution in [0.2, 0.25) is 0 Å². The summed E-state index contributed by atoms with van der Waals surface area (Å²) in [6.45, 7) is 6.22. The van der Waals surface area contributed by atoms with Gasteiger partial charge in [0, 0.05) is 5.54 Å². The second kappa shape index (κ2) is 4.34. The first kappa shape index (κ1) is 14.1. The average molecular weight is 263 g/mol. The third-order valence-corrected chi connectivity index (χ3v) is 3.72. The summed E-state index contributed by atoms with van der Waals surface area (Å²) in [6.07, 6.45) is 0. The summed E-state index contributed by atoms with van der Waals surface area (Å²) >= 11 is 0. The van der Waals surface area contributed by atoms with E-state index in [1.165, 1.54) is 6.92 Å². The standard InChI is InChI=1S/C11H15F2NO2S/c1-7-5-9(13)10(6-8(7)12)17(15,16)14-11(2,3)4/h5-6,14H,1-4H3. The van der Waals surface area contributed by atoms with Gasteiger partial charge in [-0.2, -0.15) is 0 Å². The molecule has 0 aromatic heterocycles. The minimum atomic E-state index is -4.05. The Hall–Kier alpha value is -1.01. The molecule has 0 aliphatic carbocycles. The number of halogens is 2. The van der Waals surface area contributed by atoms with Crippen molar-refractivity contribution < 1.29 is 17.2 Å². The molecule has 96 valence electrons. The van der Waals surface area contributed by atoms with Crippen molar-refractivity contribution in [2.45, 2.75) is 38.1 Å². The van der Waals surface area contributed by atoms with Crippen molar-refractivity contribution in [3.8, 4) is 0 Å². The van der Waals surface area contributed by atoms with Gasteiger partial charge in [-0.25, -0.2) is 21.9 Å². The van der Waals surface area contributed by atoms with Crippen LogP contribution in [0.25, 0.3) is 0 Å². The molecule has 0 aliphatic rings. The first-order chi connectivity index (χ1) is 7.53. The summed E-state index contributed by atoms with van der Waals surface area (Å²) < 4.78 is 52.7. The van der Waals surface area contributed by atoms with Gasteiger partial charge in [0.2, 0.25) is 10.0 Å². The fourth-order valence-electron chi connectivity index (χ4n) is 1.29. The van der Waals surface area contributed by atoms with Crippen molar-refractivity contribution in [3.05, 3.63) is 29.3 Å². The third kappa shape index (κ3) is 3.47. The van der Waals surface area contributed by atoms with Crippen LogP contribution in [-0.2, 0) is 10.0 Å². The number of hydrogen-bond acceptors (Lipinski definition) is 2. The van der Waals surface area contributed by atoms with Gasteiger partial charge >= 0.3 is 0 Å². The Morgan fingerprint density at radius 2 is 1.65 bits per heavy atom. The smallest absolute Gasteiger partial charge is 0.207 e. The van der Waals surface area contributed by atoms with Crippen molar-refractivity contribution in [1.29, 1.82) is 0 Å². The van der Waals surface area contributed by atoms with Crippen molar-refractivity contribution >= 4 is 10.0 Å². The molecular weight excluding hydrogens is 248 g/mol. The molecule has 0 saturated carbocycles. The van der Waals surface area contributed by atoms with E-state index in [-0.39, 0.29) is 5.56 Å². The summed E-state index contributed by atoms with van der Waals surface area (Å²) in [7, 11) is -4.05. The Morgan fingerprint density at radius 3 is 2.12 bits per heavy atom. The Kier molecular flexibility index (Phi) is 3.59. The lowest BCUT2D eigenvalue weighted by Crippen LogP contribution is -2.40. The summed E-state index contributed by atoms with van der Waals surface area (Å²) in [5.74, 6) is -1.71. The lowest BCUT2D eigenvalue weighted by atomic mass is 10.1. The second-order valence-corrected chi connectivity index (χ2v) is 6.54. The van der Waals surface area contributed by atoms with Crippen LogP contribution in [0.3, 0.4) is 0 Å². The molecule has 6 heteroatoms. The molecular formula is C11H15F2NO2S. The molecule has 0 aliphatic heterocycles. The topological polar surface area (TPSA) is 46.2 Å². The summed E-state index contributed by atoms with van der Waals surface area (Å²) in [5.41, 5.74) is -0.690. The summed E-state index contributed by atoms with van der Waals surface area (Å²) in [5, 5.41) is 0. The van der Waals surface area contributed by atoms with E-state index in [0.29, 0.717) is 6.07 Å².